The summed E-state index contributed by atoms with van der Waals surface area (Å²) in [5.41, 5.74) is 0.352. The smallest absolute Gasteiger partial charge is 0.339 e. The molecule has 0 bridgehead atoms. The maximum absolute atomic E-state index is 11.3. The molecule has 5 heteroatoms. The molecule has 1 aromatic carbocycles. The highest BCUT2D eigenvalue weighted by molar-refractivity contribution is 7.99. The van der Waals surface area contributed by atoms with Crippen molar-refractivity contribution < 1.29 is 14.6 Å². The van der Waals surface area contributed by atoms with E-state index in [1.54, 1.807) is 25.1 Å². The van der Waals surface area contributed by atoms with Gasteiger partial charge in [-0.25, -0.2) is 4.79 Å². The van der Waals surface area contributed by atoms with Crippen LogP contribution >= 0.6 is 23.4 Å². The summed E-state index contributed by atoms with van der Waals surface area (Å²) in [5, 5.41) is 9.50. The van der Waals surface area contributed by atoms with Gasteiger partial charge in [0.2, 0.25) is 0 Å². The Labute approximate surface area is 104 Å². The number of rotatable bonds is 4. The van der Waals surface area contributed by atoms with E-state index >= 15 is 0 Å². The van der Waals surface area contributed by atoms with Crippen molar-refractivity contribution in [1.82, 2.24) is 0 Å². The van der Waals surface area contributed by atoms with Crippen LogP contribution in [0.15, 0.2) is 23.1 Å². The lowest BCUT2D eigenvalue weighted by atomic mass is 10.2. The summed E-state index contributed by atoms with van der Waals surface area (Å²) in [6, 6.07) is 5.10. The first-order valence-corrected chi connectivity index (χ1v) is 6.09. The zero-order chi connectivity index (χ0) is 12.1. The van der Waals surface area contributed by atoms with Gasteiger partial charge >= 0.3 is 5.97 Å². The molecule has 0 saturated carbocycles. The number of aliphatic hydroxyl groups excluding tert-OH is 1. The third kappa shape index (κ3) is 3.70. The van der Waals surface area contributed by atoms with Crippen molar-refractivity contribution in [1.29, 1.82) is 0 Å². The van der Waals surface area contributed by atoms with Gasteiger partial charge in [-0.2, -0.15) is 0 Å². The highest BCUT2D eigenvalue weighted by Crippen LogP contribution is 2.25. The molecule has 88 valence electrons. The van der Waals surface area contributed by atoms with E-state index in [4.69, 9.17) is 16.7 Å². The fraction of sp³-hybridized carbons (Fsp3) is 0.364. The van der Waals surface area contributed by atoms with Crippen LogP contribution in [0.3, 0.4) is 0 Å². The van der Waals surface area contributed by atoms with E-state index in [0.717, 1.165) is 4.90 Å². The lowest BCUT2D eigenvalue weighted by Crippen LogP contribution is -2.03. The Hall–Kier alpha value is -0.710. The van der Waals surface area contributed by atoms with Crippen LogP contribution in [0.25, 0.3) is 0 Å². The third-order valence-electron chi connectivity index (χ3n) is 1.84. The number of hydrogen-bond acceptors (Lipinski definition) is 4. The normalized spacial score (nSPS) is 12.2. The molecular formula is C11H13ClO3S. The number of carbonyl (C=O) groups excluding carboxylic acids is 1. The molecule has 0 saturated heterocycles. The van der Waals surface area contributed by atoms with Crippen LogP contribution in [-0.2, 0) is 4.74 Å². The van der Waals surface area contributed by atoms with Gasteiger partial charge in [-0.1, -0.05) is 11.6 Å². The molecule has 1 rings (SSSR count). The monoisotopic (exact) mass is 260 g/mol. The van der Waals surface area contributed by atoms with Crippen molar-refractivity contribution in [2.75, 3.05) is 12.9 Å². The molecule has 1 atom stereocenters. The number of benzene rings is 1. The highest BCUT2D eigenvalue weighted by atomic mass is 35.5. The number of hydrogen-bond donors (Lipinski definition) is 1. The summed E-state index contributed by atoms with van der Waals surface area (Å²) >= 11 is 7.43. The van der Waals surface area contributed by atoms with Crippen LogP contribution in [0.1, 0.15) is 17.3 Å². The summed E-state index contributed by atoms with van der Waals surface area (Å²) in [7, 11) is 1.31. The van der Waals surface area contributed by atoms with Crippen molar-refractivity contribution in [3.05, 3.63) is 28.8 Å². The summed E-state index contributed by atoms with van der Waals surface area (Å²) < 4.78 is 4.58. The van der Waals surface area contributed by atoms with Gasteiger partial charge in [-0.15, -0.1) is 11.8 Å². The van der Waals surface area contributed by atoms with Gasteiger partial charge in [-0.05, 0) is 25.1 Å². The second kappa shape index (κ2) is 6.13. The van der Waals surface area contributed by atoms with Crippen molar-refractivity contribution >= 4 is 29.3 Å². The minimum atomic E-state index is -0.447. The van der Waals surface area contributed by atoms with Gasteiger partial charge in [0.1, 0.15) is 0 Å². The SMILES string of the molecule is COC(=O)c1ccc(SC[C@@H](C)O)cc1Cl. The molecule has 0 aliphatic rings. The number of methoxy groups -OCH3 is 1. The molecule has 3 nitrogen and oxygen atoms in total. The van der Waals surface area contributed by atoms with Gasteiger partial charge in [0.15, 0.2) is 0 Å². The van der Waals surface area contributed by atoms with Gasteiger partial charge < -0.3 is 9.84 Å². The molecule has 16 heavy (non-hydrogen) atoms. The first kappa shape index (κ1) is 13.4. The van der Waals surface area contributed by atoms with Crippen molar-refractivity contribution in [3.8, 4) is 0 Å². The predicted molar refractivity (Wildman–Crippen MR) is 65.2 cm³/mol. The molecule has 1 N–H and O–H groups in total. The number of carbonyl (C=O) groups is 1. The Morgan fingerprint density at radius 1 is 1.62 bits per heavy atom. The molecule has 0 spiro atoms. The number of esters is 1. The van der Waals surface area contributed by atoms with Crippen LogP contribution in [-0.4, -0.2) is 30.0 Å². The van der Waals surface area contributed by atoms with Gasteiger partial charge in [0, 0.05) is 10.6 Å². The van der Waals surface area contributed by atoms with E-state index in [-0.39, 0.29) is 6.10 Å². The predicted octanol–water partition coefficient (Wildman–Crippen LogP) is 2.60. The summed E-state index contributed by atoms with van der Waals surface area (Å²) in [6.45, 7) is 1.72. The Morgan fingerprint density at radius 3 is 2.81 bits per heavy atom. The third-order valence-corrected chi connectivity index (χ3v) is 3.39. The van der Waals surface area contributed by atoms with E-state index in [9.17, 15) is 4.79 Å². The molecule has 1 aromatic rings. The molecule has 0 aromatic heterocycles. The molecule has 0 fully saturated rings. The molecule has 0 heterocycles. The van der Waals surface area contributed by atoms with E-state index in [2.05, 4.69) is 4.74 Å². The fourth-order valence-electron chi connectivity index (χ4n) is 1.08. The Balaban J connectivity index is 2.78. The van der Waals surface area contributed by atoms with Gasteiger partial charge in [0.05, 0.1) is 23.8 Å². The molecular weight excluding hydrogens is 248 g/mol. The largest absolute Gasteiger partial charge is 0.465 e. The van der Waals surface area contributed by atoms with Crippen molar-refractivity contribution in [2.45, 2.75) is 17.9 Å². The molecule has 0 amide bonds. The van der Waals surface area contributed by atoms with E-state index in [1.165, 1.54) is 18.9 Å². The summed E-state index contributed by atoms with van der Waals surface area (Å²) in [5.74, 6) is 0.144. The van der Waals surface area contributed by atoms with Crippen LogP contribution in [0.4, 0.5) is 0 Å². The van der Waals surface area contributed by atoms with Crippen LogP contribution in [0.5, 0.6) is 0 Å². The molecule has 0 unspecified atom stereocenters. The standard InChI is InChI=1S/C11H13ClO3S/c1-7(13)6-16-8-3-4-9(10(12)5-8)11(14)15-2/h3-5,7,13H,6H2,1-2H3/t7-/m1/s1. The number of ether oxygens (including phenoxy) is 1. The summed E-state index contributed by atoms with van der Waals surface area (Å²) in [4.78, 5) is 12.2. The van der Waals surface area contributed by atoms with E-state index in [1.807, 2.05) is 0 Å². The van der Waals surface area contributed by atoms with Crippen molar-refractivity contribution in [3.63, 3.8) is 0 Å². The van der Waals surface area contributed by atoms with Crippen LogP contribution in [0.2, 0.25) is 5.02 Å². The Bertz CT molecular complexity index is 379. The minimum absolute atomic E-state index is 0.352. The zero-order valence-electron chi connectivity index (χ0n) is 9.07. The molecule has 0 aliphatic heterocycles. The quantitative estimate of drug-likeness (QED) is 0.668. The Morgan fingerprint density at radius 2 is 2.31 bits per heavy atom. The topological polar surface area (TPSA) is 46.5 Å². The molecule has 0 radical (unpaired) electrons. The second-order valence-corrected chi connectivity index (χ2v) is 4.79. The van der Waals surface area contributed by atoms with Crippen molar-refractivity contribution in [2.24, 2.45) is 0 Å². The lowest BCUT2D eigenvalue weighted by molar-refractivity contribution is 0.0601. The average Bonchev–Trinajstić information content (AvgIpc) is 2.25. The second-order valence-electron chi connectivity index (χ2n) is 3.29. The first-order valence-electron chi connectivity index (χ1n) is 4.73. The van der Waals surface area contributed by atoms with Crippen LogP contribution < -0.4 is 0 Å². The lowest BCUT2D eigenvalue weighted by Gasteiger charge is -2.06. The van der Waals surface area contributed by atoms with Crippen LogP contribution in [0, 0.1) is 0 Å². The maximum atomic E-state index is 11.3. The minimum Gasteiger partial charge on any atom is -0.465 e. The zero-order valence-corrected chi connectivity index (χ0v) is 10.6. The van der Waals surface area contributed by atoms with E-state index in [0.29, 0.717) is 16.3 Å². The maximum Gasteiger partial charge on any atom is 0.339 e. The number of aliphatic hydroxyl groups is 1. The fourth-order valence-corrected chi connectivity index (χ4v) is 2.20. The number of halogens is 1. The first-order chi connectivity index (χ1) is 7.54. The van der Waals surface area contributed by atoms with E-state index < -0.39 is 5.97 Å². The highest BCUT2D eigenvalue weighted by Gasteiger charge is 2.11. The van der Waals surface area contributed by atoms with Gasteiger partial charge in [-0.3, -0.25) is 0 Å². The number of thioether (sulfide) groups is 1. The van der Waals surface area contributed by atoms with Gasteiger partial charge in [0.25, 0.3) is 0 Å². The summed E-state index contributed by atoms with van der Waals surface area (Å²) in [6.07, 6.45) is -0.371. The molecule has 0 aliphatic carbocycles. The Kier molecular flexibility index (Phi) is 5.12. The average molecular weight is 261 g/mol.